The molecular weight excluding hydrogens is 1660 g/mol. The van der Waals surface area contributed by atoms with Crippen LogP contribution in [0, 0.1) is 36.8 Å². The second-order valence-corrected chi connectivity index (χ2v) is 35.1. The van der Waals surface area contributed by atoms with E-state index in [0.29, 0.717) is 87.4 Å². The van der Waals surface area contributed by atoms with Crippen LogP contribution in [0.15, 0.2) is 183 Å². The lowest BCUT2D eigenvalue weighted by Gasteiger charge is -2.29. The molecule has 5 fully saturated rings. The molecule has 0 radical (unpaired) electrons. The highest BCUT2D eigenvalue weighted by Gasteiger charge is 2.46. The van der Waals surface area contributed by atoms with Crippen molar-refractivity contribution < 1.29 is 46.3 Å². The van der Waals surface area contributed by atoms with Crippen molar-refractivity contribution in [2.75, 3.05) is 39.3 Å². The summed E-state index contributed by atoms with van der Waals surface area (Å²) in [6.45, 7) is 17.3. The number of hydrogen-bond donors (Lipinski definition) is 0. The summed E-state index contributed by atoms with van der Waals surface area (Å²) >= 11 is 12.1. The molecule has 0 spiro atoms. The highest BCUT2D eigenvalue weighted by atomic mass is 35.5. The smallest absolute Gasteiger partial charge is 0.271 e. The van der Waals surface area contributed by atoms with E-state index in [9.17, 15) is 41.5 Å². The third-order valence-electron chi connectivity index (χ3n) is 26.4. The Labute approximate surface area is 736 Å². The SMILES string of the molecule is Cc1cc(-c2c3n(c4cccnc24)CCN(C2CC2)C3=O)ccc1F.O=C1c2c(-c3ccc(F)c(Cl)c3)c3ncccc3n2CCN1C1CC1.O=C1c2c(-c3ccc(F)cc3F)c3ncccc3n2CCN1C1CC1.O=C1c2c(-c3ccc4c(c3)CCO4)c3ncccc3n2CCN1C1CC1.[C-]#[N+]c1cc(-c2c3n(c4cccnc24)CCN(C2CC2)C3=O)ccc1Cl. The van der Waals surface area contributed by atoms with Gasteiger partial charge in [0, 0.05) is 178 Å². The number of ether oxygens (including phenoxy) is 1. The number of benzene rings is 5. The van der Waals surface area contributed by atoms with E-state index in [0.717, 1.165) is 241 Å². The number of halogens is 6. The molecule has 5 saturated carbocycles. The van der Waals surface area contributed by atoms with E-state index in [-0.39, 0.29) is 52.0 Å². The molecule has 127 heavy (non-hydrogen) atoms. The first-order chi connectivity index (χ1) is 61.9. The van der Waals surface area contributed by atoms with Crippen LogP contribution >= 0.6 is 23.2 Å². The van der Waals surface area contributed by atoms with Crippen molar-refractivity contribution in [2.24, 2.45) is 0 Å². The van der Waals surface area contributed by atoms with E-state index in [1.807, 2.05) is 102 Å². The van der Waals surface area contributed by atoms with Gasteiger partial charge in [0.05, 0.1) is 73.4 Å². The Morgan fingerprint density at radius 3 is 1.06 bits per heavy atom. The minimum absolute atomic E-state index is 0.0298. The fourth-order valence-corrected chi connectivity index (χ4v) is 20.0. The van der Waals surface area contributed by atoms with Gasteiger partial charge in [-0.1, -0.05) is 53.5 Å². The van der Waals surface area contributed by atoms with Gasteiger partial charge >= 0.3 is 0 Å². The third-order valence-corrected chi connectivity index (χ3v) is 27.0. The molecule has 5 aromatic carbocycles. The van der Waals surface area contributed by atoms with E-state index in [1.165, 1.54) is 29.8 Å². The fraction of sp³-hybridized carbons (Fsp3) is 0.283. The average molecular weight is 1740 g/mol. The quantitative estimate of drug-likeness (QED) is 0.0930. The molecule has 16 heterocycles. The molecule has 636 valence electrons. The molecule has 10 aromatic heterocycles. The number of pyridine rings is 5. The maximum atomic E-state index is 14.5. The molecule has 0 saturated heterocycles. The Morgan fingerprint density at radius 2 is 0.701 bits per heavy atom. The summed E-state index contributed by atoms with van der Waals surface area (Å²) in [5, 5.41) is 0.462. The van der Waals surface area contributed by atoms with Crippen molar-refractivity contribution in [3.8, 4) is 61.4 Å². The summed E-state index contributed by atoms with van der Waals surface area (Å²) in [4.78, 5) is 102. The first-order valence-electron chi connectivity index (χ1n) is 43.5. The molecule has 5 amide bonds. The van der Waals surface area contributed by atoms with E-state index in [2.05, 4.69) is 66.6 Å². The van der Waals surface area contributed by atoms with Crippen molar-refractivity contribution in [3.05, 3.63) is 267 Å². The Bertz CT molecular complexity index is 7040. The lowest BCUT2D eigenvalue weighted by molar-refractivity contribution is 0.0686. The predicted molar refractivity (Wildman–Crippen MR) is 476 cm³/mol. The molecule has 28 heteroatoms. The first kappa shape index (κ1) is 79.4. The zero-order valence-electron chi connectivity index (χ0n) is 69.1. The van der Waals surface area contributed by atoms with Gasteiger partial charge in [-0.05, 0) is 220 Å². The lowest BCUT2D eigenvalue weighted by Crippen LogP contribution is -2.41. The van der Waals surface area contributed by atoms with Crippen molar-refractivity contribution in [2.45, 2.75) is 140 Å². The largest absolute Gasteiger partial charge is 0.493 e. The van der Waals surface area contributed by atoms with E-state index in [4.69, 9.17) is 34.5 Å². The predicted octanol–water partition coefficient (Wildman–Crippen LogP) is 19.3. The van der Waals surface area contributed by atoms with Crippen LogP contribution in [0.25, 0.3) is 116 Å². The topological polar surface area (TPSA) is 204 Å². The number of aromatic nitrogens is 10. The summed E-state index contributed by atoms with van der Waals surface area (Å²) in [7, 11) is 0. The van der Waals surface area contributed by atoms with Crippen molar-refractivity contribution >= 4 is 114 Å². The van der Waals surface area contributed by atoms with Crippen LogP contribution in [0.4, 0.5) is 23.2 Å². The molecule has 0 N–H and O–H groups in total. The zero-order chi connectivity index (χ0) is 86.5. The Balaban J connectivity index is 0.0000000937. The van der Waals surface area contributed by atoms with Gasteiger partial charge in [0.25, 0.3) is 29.5 Å². The maximum absolute atomic E-state index is 14.5. The average Bonchev–Trinajstić information content (AvgIpc) is 1.60. The highest BCUT2D eigenvalue weighted by molar-refractivity contribution is 6.33. The second kappa shape index (κ2) is 31.6. The number of rotatable bonds is 10. The number of carbonyl (C=O) groups excluding carboxylic acids is 5. The first-order valence-corrected chi connectivity index (χ1v) is 44.2. The van der Waals surface area contributed by atoms with Gasteiger partial charge in [-0.3, -0.25) is 48.9 Å². The number of carbonyl (C=O) groups is 5. The number of amides is 5. The molecule has 26 rings (SSSR count). The molecule has 5 aliphatic carbocycles. The fourth-order valence-electron chi connectivity index (χ4n) is 19.6. The number of hydrogen-bond acceptors (Lipinski definition) is 11. The van der Waals surface area contributed by atoms with Gasteiger partial charge in [0.15, 0.2) is 0 Å². The van der Waals surface area contributed by atoms with Crippen LogP contribution in [0.1, 0.15) is 128 Å². The zero-order valence-corrected chi connectivity index (χ0v) is 70.6. The van der Waals surface area contributed by atoms with E-state index >= 15 is 0 Å². The van der Waals surface area contributed by atoms with Crippen molar-refractivity contribution in [3.63, 3.8) is 0 Å². The van der Waals surface area contributed by atoms with Crippen LogP contribution in [0.5, 0.6) is 5.75 Å². The normalized spacial score (nSPS) is 17.4. The molecule has 0 unspecified atom stereocenters. The van der Waals surface area contributed by atoms with Gasteiger partial charge in [0.2, 0.25) is 5.69 Å². The Morgan fingerprint density at radius 1 is 0.362 bits per heavy atom. The minimum atomic E-state index is -0.683. The van der Waals surface area contributed by atoms with Crippen molar-refractivity contribution in [1.82, 2.24) is 72.3 Å². The summed E-state index contributed by atoms with van der Waals surface area (Å²) in [5.41, 5.74) is 21.5. The van der Waals surface area contributed by atoms with Gasteiger partial charge in [0.1, 0.15) is 57.5 Å². The Hall–Kier alpha value is -13.5. The summed E-state index contributed by atoms with van der Waals surface area (Å²) in [6, 6.07) is 45.8. The molecule has 6 aliphatic heterocycles. The van der Waals surface area contributed by atoms with Crippen LogP contribution in [-0.4, -0.2) is 171 Å². The van der Waals surface area contributed by atoms with Gasteiger partial charge in [-0.25, -0.2) is 22.4 Å². The van der Waals surface area contributed by atoms with Crippen molar-refractivity contribution in [1.29, 1.82) is 0 Å². The highest BCUT2D eigenvalue weighted by Crippen LogP contribution is 2.48. The lowest BCUT2D eigenvalue weighted by atomic mass is 10.00. The molecular formula is C99H82Cl2F4N16O6. The molecule has 11 aliphatic rings. The Kier molecular flexibility index (Phi) is 19.7. The summed E-state index contributed by atoms with van der Waals surface area (Å²) < 4.78 is 71.2. The van der Waals surface area contributed by atoms with Gasteiger partial charge < -0.3 is 52.1 Å². The van der Waals surface area contributed by atoms with Crippen LogP contribution in [0.3, 0.4) is 0 Å². The second-order valence-electron chi connectivity index (χ2n) is 34.3. The number of fused-ring (bicyclic) bond motifs is 16. The van der Waals surface area contributed by atoms with Crippen LogP contribution in [0.2, 0.25) is 10.0 Å². The molecule has 15 aromatic rings. The molecule has 22 nitrogen and oxygen atoms in total. The maximum Gasteiger partial charge on any atom is 0.271 e. The van der Waals surface area contributed by atoms with Gasteiger partial charge in [-0.2, -0.15) is 0 Å². The molecule has 0 atom stereocenters. The number of aryl methyl sites for hydroxylation is 1. The van der Waals surface area contributed by atoms with Crippen LogP contribution in [-0.2, 0) is 39.1 Å². The summed E-state index contributed by atoms with van der Waals surface area (Å²) in [6.07, 6.45) is 20.4. The van der Waals surface area contributed by atoms with Crippen LogP contribution < -0.4 is 4.74 Å². The number of nitrogens with zero attached hydrogens (tertiary/aromatic N) is 16. The molecule has 0 bridgehead atoms. The summed E-state index contributed by atoms with van der Waals surface area (Å²) in [5.74, 6) is -0.840. The monoisotopic (exact) mass is 1740 g/mol. The van der Waals surface area contributed by atoms with Gasteiger partial charge in [-0.15, -0.1) is 0 Å². The van der Waals surface area contributed by atoms with E-state index in [1.54, 1.807) is 68.1 Å². The minimum Gasteiger partial charge on any atom is -0.493 e. The third kappa shape index (κ3) is 13.9. The standard InChI is InChI=1S/C21H19N3O2.C20H15ClN4O.C20H18FN3O.C19H15ClFN3O.C19H15F2N3O/c25-21-20-18(14-3-6-17-13(12-14)7-11-26-17)19-16(2-1-8-22-19)24(20)10-9-23(21)15-4-5-15;1-22-15-11-12(4-7-14(15)21)17-18-16(3-2-8-23-18)25-10-9-24(13-5-6-13)20(26)19(17)25;1-12-11-13(4-7-15(12)21)17-18-16(3-2-8-22-18)24-10-9-23(14-5-6-14)20(25)19(17)24;20-13-10-11(3-6-14(13)21)16-17-15(2-1-7-22-17)24-9-8-23(12-4-5-12)19(25)18(16)24;20-11-3-6-13(14(21)10-11)16-17-15(2-1-7-22-17)24-9-8-23(12-4-5-12)19(25)18(16)24/h1-3,6,8,12,15H,4-5,7,9-11H2;2-4,7-8,11,13H,5-6,9-10H2;2-4,7-8,11,14H,5-6,9-10H2,1H3;2*1-3,6-7,10,12H,4-5,8-9H2. The van der Waals surface area contributed by atoms with E-state index < -0.39 is 17.5 Å².